The van der Waals surface area contributed by atoms with E-state index in [1.807, 2.05) is 24.3 Å². The topological polar surface area (TPSA) is 47.7 Å². The van der Waals surface area contributed by atoms with Gasteiger partial charge in [-0.15, -0.1) is 0 Å². The SMILES string of the molecule is CCN(CCOc1ccc(C(N)=S)cc1)CC1CCCO1. The van der Waals surface area contributed by atoms with Gasteiger partial charge in [-0.3, -0.25) is 4.90 Å². The van der Waals surface area contributed by atoms with Crippen molar-refractivity contribution < 1.29 is 9.47 Å². The highest BCUT2D eigenvalue weighted by Crippen LogP contribution is 2.14. The van der Waals surface area contributed by atoms with Gasteiger partial charge in [0.2, 0.25) is 0 Å². The minimum Gasteiger partial charge on any atom is -0.492 e. The molecule has 1 aromatic carbocycles. The molecule has 0 radical (unpaired) electrons. The zero-order valence-corrected chi connectivity index (χ0v) is 13.4. The van der Waals surface area contributed by atoms with Gasteiger partial charge in [0, 0.05) is 25.3 Å². The van der Waals surface area contributed by atoms with Crippen LogP contribution >= 0.6 is 12.2 Å². The molecule has 0 saturated carbocycles. The maximum absolute atomic E-state index is 5.77. The van der Waals surface area contributed by atoms with Gasteiger partial charge in [-0.05, 0) is 43.7 Å². The third-order valence-electron chi connectivity index (χ3n) is 3.75. The Kier molecular flexibility index (Phi) is 6.42. The second-order valence-electron chi connectivity index (χ2n) is 5.27. The fourth-order valence-corrected chi connectivity index (χ4v) is 2.60. The van der Waals surface area contributed by atoms with Crippen LogP contribution in [0.2, 0.25) is 0 Å². The molecule has 1 heterocycles. The van der Waals surface area contributed by atoms with Gasteiger partial charge in [0.05, 0.1) is 6.10 Å². The molecule has 1 fully saturated rings. The molecule has 0 aliphatic carbocycles. The summed E-state index contributed by atoms with van der Waals surface area (Å²) in [6.07, 6.45) is 2.76. The molecule has 2 N–H and O–H groups in total. The van der Waals surface area contributed by atoms with E-state index in [1.54, 1.807) is 0 Å². The predicted molar refractivity (Wildman–Crippen MR) is 88.9 cm³/mol. The highest BCUT2D eigenvalue weighted by molar-refractivity contribution is 7.80. The first-order chi connectivity index (χ1) is 10.2. The molecule has 4 nitrogen and oxygen atoms in total. The van der Waals surface area contributed by atoms with Crippen LogP contribution in [0.25, 0.3) is 0 Å². The van der Waals surface area contributed by atoms with Crippen molar-refractivity contribution in [2.75, 3.05) is 32.8 Å². The number of hydrogen-bond acceptors (Lipinski definition) is 4. The third-order valence-corrected chi connectivity index (χ3v) is 3.98. The van der Waals surface area contributed by atoms with E-state index in [2.05, 4.69) is 11.8 Å². The van der Waals surface area contributed by atoms with Crippen LogP contribution in [0, 0.1) is 0 Å². The third kappa shape index (κ3) is 5.26. The first-order valence-electron chi connectivity index (χ1n) is 7.55. The maximum Gasteiger partial charge on any atom is 0.119 e. The Morgan fingerprint density at radius 2 is 2.19 bits per heavy atom. The fourth-order valence-electron chi connectivity index (χ4n) is 2.46. The average molecular weight is 308 g/mol. The van der Waals surface area contributed by atoms with Crippen LogP contribution in [0.4, 0.5) is 0 Å². The Morgan fingerprint density at radius 3 is 2.76 bits per heavy atom. The number of hydrogen-bond donors (Lipinski definition) is 1. The summed E-state index contributed by atoms with van der Waals surface area (Å²) >= 11 is 4.93. The summed E-state index contributed by atoms with van der Waals surface area (Å²) in [7, 11) is 0. The van der Waals surface area contributed by atoms with Crippen molar-refractivity contribution in [2.24, 2.45) is 5.73 Å². The number of nitrogens with two attached hydrogens (primary N) is 1. The monoisotopic (exact) mass is 308 g/mol. The van der Waals surface area contributed by atoms with Crippen LogP contribution in [0.5, 0.6) is 5.75 Å². The molecule has 2 rings (SSSR count). The van der Waals surface area contributed by atoms with Crippen LogP contribution in [-0.4, -0.2) is 48.8 Å². The lowest BCUT2D eigenvalue weighted by atomic mass is 10.2. The standard InChI is InChI=1S/C16H24N2O2S/c1-2-18(12-15-4-3-10-19-15)9-11-20-14-7-5-13(6-8-14)16(17)21/h5-8,15H,2-4,9-12H2,1H3,(H2,17,21). The molecule has 1 unspecified atom stereocenters. The quantitative estimate of drug-likeness (QED) is 0.746. The fraction of sp³-hybridized carbons (Fsp3) is 0.562. The zero-order chi connectivity index (χ0) is 15.1. The second kappa shape index (κ2) is 8.32. The van der Waals surface area contributed by atoms with Crippen LogP contribution in [0.15, 0.2) is 24.3 Å². The normalized spacial score (nSPS) is 18.1. The molecule has 1 aliphatic heterocycles. The lowest BCUT2D eigenvalue weighted by Crippen LogP contribution is -2.35. The molecule has 1 saturated heterocycles. The van der Waals surface area contributed by atoms with Crippen molar-refractivity contribution in [3.63, 3.8) is 0 Å². The first kappa shape index (κ1) is 16.2. The summed E-state index contributed by atoms with van der Waals surface area (Å²) in [5.74, 6) is 0.850. The van der Waals surface area contributed by atoms with E-state index in [1.165, 1.54) is 12.8 Å². The van der Waals surface area contributed by atoms with Gasteiger partial charge in [0.1, 0.15) is 17.3 Å². The molecular weight excluding hydrogens is 284 g/mol. The Hall–Kier alpha value is -1.17. The van der Waals surface area contributed by atoms with E-state index in [9.17, 15) is 0 Å². The second-order valence-corrected chi connectivity index (χ2v) is 5.71. The molecule has 0 spiro atoms. The van der Waals surface area contributed by atoms with Crippen molar-refractivity contribution in [1.29, 1.82) is 0 Å². The summed E-state index contributed by atoms with van der Waals surface area (Å²) in [6, 6.07) is 7.60. The molecule has 1 aromatic rings. The van der Waals surface area contributed by atoms with Crippen LogP contribution in [0.3, 0.4) is 0 Å². The van der Waals surface area contributed by atoms with Crippen molar-refractivity contribution in [3.05, 3.63) is 29.8 Å². The van der Waals surface area contributed by atoms with Gasteiger partial charge in [0.15, 0.2) is 0 Å². The van der Waals surface area contributed by atoms with E-state index in [4.69, 9.17) is 27.4 Å². The molecule has 5 heteroatoms. The number of thiocarbonyl (C=S) groups is 1. The number of benzene rings is 1. The summed E-state index contributed by atoms with van der Waals surface area (Å²) in [4.78, 5) is 2.79. The van der Waals surface area contributed by atoms with Gasteiger partial charge >= 0.3 is 0 Å². The van der Waals surface area contributed by atoms with E-state index >= 15 is 0 Å². The minimum absolute atomic E-state index is 0.398. The Morgan fingerprint density at radius 1 is 1.43 bits per heavy atom. The molecule has 1 aliphatic rings. The Bertz CT molecular complexity index is 444. The molecule has 0 bridgehead atoms. The van der Waals surface area contributed by atoms with Crippen LogP contribution < -0.4 is 10.5 Å². The van der Waals surface area contributed by atoms with Crippen molar-refractivity contribution in [3.8, 4) is 5.75 Å². The highest BCUT2D eigenvalue weighted by atomic mass is 32.1. The predicted octanol–water partition coefficient (Wildman–Crippen LogP) is 2.20. The van der Waals surface area contributed by atoms with E-state index < -0.39 is 0 Å². The smallest absolute Gasteiger partial charge is 0.119 e. The lowest BCUT2D eigenvalue weighted by molar-refractivity contribution is 0.0701. The first-order valence-corrected chi connectivity index (χ1v) is 7.96. The number of nitrogens with zero attached hydrogens (tertiary/aromatic N) is 1. The molecule has 0 amide bonds. The molecule has 21 heavy (non-hydrogen) atoms. The number of rotatable bonds is 8. The van der Waals surface area contributed by atoms with Crippen LogP contribution in [-0.2, 0) is 4.74 Å². The maximum atomic E-state index is 5.77. The number of likely N-dealkylation sites (N-methyl/N-ethyl adjacent to an activating group) is 1. The lowest BCUT2D eigenvalue weighted by Gasteiger charge is -2.23. The summed E-state index contributed by atoms with van der Waals surface area (Å²) in [5, 5.41) is 0. The molecule has 0 aromatic heterocycles. The van der Waals surface area contributed by atoms with Gasteiger partial charge in [-0.25, -0.2) is 0 Å². The summed E-state index contributed by atoms with van der Waals surface area (Å²) < 4.78 is 11.4. The number of ether oxygens (including phenoxy) is 2. The zero-order valence-electron chi connectivity index (χ0n) is 12.6. The average Bonchev–Trinajstić information content (AvgIpc) is 2.99. The molecular formula is C16H24N2O2S. The van der Waals surface area contributed by atoms with Gasteiger partial charge in [-0.2, -0.15) is 0 Å². The Labute approximate surface area is 132 Å². The molecule has 1 atom stereocenters. The van der Waals surface area contributed by atoms with Crippen molar-refractivity contribution in [2.45, 2.75) is 25.9 Å². The van der Waals surface area contributed by atoms with Crippen molar-refractivity contribution >= 4 is 17.2 Å². The van der Waals surface area contributed by atoms with Gasteiger partial charge in [0.25, 0.3) is 0 Å². The van der Waals surface area contributed by atoms with E-state index in [-0.39, 0.29) is 0 Å². The van der Waals surface area contributed by atoms with Crippen molar-refractivity contribution in [1.82, 2.24) is 4.90 Å². The molecule has 116 valence electrons. The minimum atomic E-state index is 0.398. The van der Waals surface area contributed by atoms with E-state index in [0.29, 0.717) is 17.7 Å². The summed E-state index contributed by atoms with van der Waals surface area (Å²) in [5.41, 5.74) is 6.44. The highest BCUT2D eigenvalue weighted by Gasteiger charge is 2.18. The largest absolute Gasteiger partial charge is 0.492 e. The van der Waals surface area contributed by atoms with Gasteiger partial charge in [-0.1, -0.05) is 19.1 Å². The van der Waals surface area contributed by atoms with E-state index in [0.717, 1.165) is 37.6 Å². The summed E-state index contributed by atoms with van der Waals surface area (Å²) in [6.45, 7) is 6.68. The Balaban J connectivity index is 1.72. The van der Waals surface area contributed by atoms with Crippen LogP contribution in [0.1, 0.15) is 25.3 Å². The van der Waals surface area contributed by atoms with Gasteiger partial charge < -0.3 is 15.2 Å².